The minimum atomic E-state index is -0.0759. The van der Waals surface area contributed by atoms with Gasteiger partial charge >= 0.3 is 5.69 Å². The van der Waals surface area contributed by atoms with Crippen molar-refractivity contribution in [3.8, 4) is 34.1 Å². The summed E-state index contributed by atoms with van der Waals surface area (Å²) in [5.74, 6) is 1.42. The van der Waals surface area contributed by atoms with Crippen LogP contribution in [-0.2, 0) is 13.0 Å². The Bertz CT molecular complexity index is 1580. The van der Waals surface area contributed by atoms with Crippen molar-refractivity contribution >= 4 is 0 Å². The fourth-order valence-corrected chi connectivity index (χ4v) is 4.78. The molecule has 3 aromatic heterocycles. The number of hydrogen-bond acceptors (Lipinski definition) is 6. The Balaban J connectivity index is 1.52. The zero-order valence-corrected chi connectivity index (χ0v) is 22.0. The van der Waals surface area contributed by atoms with E-state index in [0.29, 0.717) is 18.1 Å². The summed E-state index contributed by atoms with van der Waals surface area (Å²) in [7, 11) is 1.64. The third-order valence-electron chi connectivity index (χ3n) is 6.64. The molecule has 0 radical (unpaired) electrons. The van der Waals surface area contributed by atoms with Gasteiger partial charge in [-0.2, -0.15) is 5.21 Å². The van der Waals surface area contributed by atoms with E-state index in [-0.39, 0.29) is 11.6 Å². The zero-order valence-electron chi connectivity index (χ0n) is 22.0. The fraction of sp³-hybridized carbons (Fsp3) is 0.276. The smallest absolute Gasteiger partial charge is 0.333 e. The lowest BCUT2D eigenvalue weighted by Gasteiger charge is -2.16. The minimum absolute atomic E-state index is 0.0759. The van der Waals surface area contributed by atoms with Crippen LogP contribution in [0.4, 0.5) is 0 Å². The van der Waals surface area contributed by atoms with Crippen molar-refractivity contribution in [3.05, 3.63) is 94.3 Å². The molecule has 9 nitrogen and oxygen atoms in total. The Morgan fingerprint density at radius 2 is 1.87 bits per heavy atom. The van der Waals surface area contributed by atoms with Crippen LogP contribution >= 0.6 is 0 Å². The predicted octanol–water partition coefficient (Wildman–Crippen LogP) is 5.01. The Hall–Kier alpha value is -4.53. The first-order chi connectivity index (χ1) is 18.5. The van der Waals surface area contributed by atoms with Gasteiger partial charge in [-0.05, 0) is 46.9 Å². The second kappa shape index (κ2) is 10.8. The SMILES string of the molecule is CCCc1cn(-c2c(OC)cccc2C(C)C)c(=O)n1Cc1ccc(-c2ncccc2-c2nn[nH]n2)cc1. The van der Waals surface area contributed by atoms with E-state index >= 15 is 0 Å². The number of methoxy groups -OCH3 is 1. The quantitative estimate of drug-likeness (QED) is 0.299. The lowest BCUT2D eigenvalue weighted by molar-refractivity contribution is 0.411. The molecular weight excluding hydrogens is 478 g/mol. The number of rotatable bonds is 9. The summed E-state index contributed by atoms with van der Waals surface area (Å²) in [4.78, 5) is 18.4. The normalized spacial score (nSPS) is 11.3. The highest BCUT2D eigenvalue weighted by molar-refractivity contribution is 5.76. The number of tetrazole rings is 1. The molecule has 0 saturated carbocycles. The molecule has 0 unspecified atom stereocenters. The molecule has 2 aromatic carbocycles. The maximum absolute atomic E-state index is 13.8. The van der Waals surface area contributed by atoms with Gasteiger partial charge in [0.2, 0.25) is 5.82 Å². The first-order valence-corrected chi connectivity index (χ1v) is 12.8. The standard InChI is InChI=1S/C29H31N7O2/c1-5-8-22-18-36(27-23(19(2)3)9-6-11-25(27)38-4)29(37)35(22)17-20-12-14-21(15-13-20)26-24(10-7-16-30-26)28-31-33-34-32-28/h6-7,9-16,18-19H,5,8,17H2,1-4H3,(H,31,32,33,34). The van der Waals surface area contributed by atoms with Crippen LogP contribution in [0.3, 0.4) is 0 Å². The van der Waals surface area contributed by atoms with Gasteiger partial charge in [0.25, 0.3) is 0 Å². The first kappa shape index (κ1) is 25.1. The van der Waals surface area contributed by atoms with Crippen LogP contribution in [0.1, 0.15) is 49.9 Å². The van der Waals surface area contributed by atoms with Gasteiger partial charge in [-0.25, -0.2) is 4.79 Å². The van der Waals surface area contributed by atoms with Gasteiger partial charge in [0.1, 0.15) is 5.75 Å². The Morgan fingerprint density at radius 3 is 2.55 bits per heavy atom. The Morgan fingerprint density at radius 1 is 1.05 bits per heavy atom. The number of ether oxygens (including phenoxy) is 1. The summed E-state index contributed by atoms with van der Waals surface area (Å²) in [5, 5.41) is 14.4. The molecule has 3 heterocycles. The number of nitrogens with one attached hydrogen (secondary N) is 1. The van der Waals surface area contributed by atoms with Gasteiger partial charge in [0.15, 0.2) is 0 Å². The molecule has 1 N–H and O–H groups in total. The minimum Gasteiger partial charge on any atom is -0.495 e. The number of aromatic amines is 1. The van der Waals surface area contributed by atoms with Crippen LogP contribution in [0, 0.1) is 0 Å². The van der Waals surface area contributed by atoms with Gasteiger partial charge < -0.3 is 4.74 Å². The summed E-state index contributed by atoms with van der Waals surface area (Å²) < 4.78 is 9.29. The summed E-state index contributed by atoms with van der Waals surface area (Å²) >= 11 is 0. The van der Waals surface area contributed by atoms with Crippen LogP contribution in [0.2, 0.25) is 0 Å². The average molecular weight is 510 g/mol. The molecule has 5 rings (SSSR count). The van der Waals surface area contributed by atoms with Crippen molar-refractivity contribution in [2.24, 2.45) is 0 Å². The Labute approximate surface area is 221 Å². The number of aryl methyl sites for hydroxylation is 1. The third-order valence-corrected chi connectivity index (χ3v) is 6.64. The highest BCUT2D eigenvalue weighted by atomic mass is 16.5. The van der Waals surface area contributed by atoms with E-state index in [1.165, 1.54) is 0 Å². The van der Waals surface area contributed by atoms with E-state index in [1.54, 1.807) is 17.9 Å². The molecule has 0 saturated heterocycles. The van der Waals surface area contributed by atoms with E-state index in [2.05, 4.69) is 52.4 Å². The molecule has 194 valence electrons. The average Bonchev–Trinajstić information content (AvgIpc) is 3.58. The molecular formula is C29H31N7O2. The van der Waals surface area contributed by atoms with Crippen molar-refractivity contribution in [2.75, 3.05) is 7.11 Å². The molecule has 38 heavy (non-hydrogen) atoms. The number of aromatic nitrogens is 7. The number of H-pyrrole nitrogens is 1. The van der Waals surface area contributed by atoms with Gasteiger partial charge in [0, 0.05) is 29.2 Å². The largest absolute Gasteiger partial charge is 0.495 e. The van der Waals surface area contributed by atoms with E-state index in [9.17, 15) is 4.79 Å². The van der Waals surface area contributed by atoms with Crippen molar-refractivity contribution in [1.82, 2.24) is 34.7 Å². The molecule has 0 amide bonds. The van der Waals surface area contributed by atoms with Gasteiger partial charge in [-0.1, -0.05) is 63.6 Å². The predicted molar refractivity (Wildman–Crippen MR) is 147 cm³/mol. The number of pyridine rings is 1. The maximum atomic E-state index is 13.8. The van der Waals surface area contributed by atoms with Crippen molar-refractivity contribution in [1.29, 1.82) is 0 Å². The van der Waals surface area contributed by atoms with Gasteiger partial charge in [-0.3, -0.25) is 14.1 Å². The van der Waals surface area contributed by atoms with Crippen LogP contribution in [-0.4, -0.2) is 41.9 Å². The highest BCUT2D eigenvalue weighted by Crippen LogP contribution is 2.31. The van der Waals surface area contributed by atoms with Gasteiger partial charge in [0.05, 0.1) is 25.0 Å². The number of hydrogen-bond donors (Lipinski definition) is 1. The lowest BCUT2D eigenvalue weighted by atomic mass is 10.0. The third kappa shape index (κ3) is 4.74. The Kier molecular flexibility index (Phi) is 7.17. The van der Waals surface area contributed by atoms with Gasteiger partial charge in [-0.15, -0.1) is 10.2 Å². The number of nitrogens with zero attached hydrogens (tertiary/aromatic N) is 6. The molecule has 0 fully saturated rings. The molecule has 0 atom stereocenters. The summed E-state index contributed by atoms with van der Waals surface area (Å²) in [6.07, 6.45) is 5.45. The number of para-hydroxylation sites is 1. The highest BCUT2D eigenvalue weighted by Gasteiger charge is 2.20. The molecule has 0 bridgehead atoms. The van der Waals surface area contributed by atoms with Crippen molar-refractivity contribution in [2.45, 2.75) is 46.1 Å². The second-order valence-electron chi connectivity index (χ2n) is 9.49. The van der Waals surface area contributed by atoms with Crippen LogP contribution < -0.4 is 10.4 Å². The summed E-state index contributed by atoms with van der Waals surface area (Å²) in [5.41, 5.74) is 6.32. The topological polar surface area (TPSA) is 104 Å². The van der Waals surface area contributed by atoms with Crippen molar-refractivity contribution < 1.29 is 4.74 Å². The molecule has 0 aliphatic heterocycles. The zero-order chi connectivity index (χ0) is 26.6. The molecule has 5 aromatic rings. The van der Waals surface area contributed by atoms with E-state index < -0.39 is 0 Å². The number of imidazole rings is 1. The van der Waals surface area contributed by atoms with Crippen LogP contribution in [0.5, 0.6) is 5.75 Å². The lowest BCUT2D eigenvalue weighted by Crippen LogP contribution is -2.25. The first-order valence-electron chi connectivity index (χ1n) is 12.8. The van der Waals surface area contributed by atoms with E-state index in [4.69, 9.17) is 4.74 Å². The van der Waals surface area contributed by atoms with Crippen LogP contribution in [0.15, 0.2) is 71.8 Å². The van der Waals surface area contributed by atoms with Crippen molar-refractivity contribution in [3.63, 3.8) is 0 Å². The second-order valence-corrected chi connectivity index (χ2v) is 9.49. The van der Waals surface area contributed by atoms with E-state index in [1.807, 2.05) is 59.3 Å². The molecule has 0 aliphatic carbocycles. The fourth-order valence-electron chi connectivity index (χ4n) is 4.78. The number of benzene rings is 2. The van der Waals surface area contributed by atoms with E-state index in [0.717, 1.165) is 52.2 Å². The molecule has 9 heteroatoms. The maximum Gasteiger partial charge on any atom is 0.333 e. The summed E-state index contributed by atoms with van der Waals surface area (Å²) in [6.45, 7) is 6.84. The monoisotopic (exact) mass is 509 g/mol. The molecule has 0 aliphatic rings. The van der Waals surface area contributed by atoms with Crippen LogP contribution in [0.25, 0.3) is 28.3 Å². The molecule has 0 spiro atoms. The summed E-state index contributed by atoms with van der Waals surface area (Å²) in [6, 6.07) is 17.8.